The molecule has 4 heteroatoms. The number of rotatable bonds is 4. The molecule has 0 aromatic carbocycles. The van der Waals surface area contributed by atoms with E-state index in [0.717, 1.165) is 0 Å². The van der Waals surface area contributed by atoms with Gasteiger partial charge in [-0.05, 0) is 27.7 Å². The van der Waals surface area contributed by atoms with Crippen LogP contribution in [0.25, 0.3) is 0 Å². The van der Waals surface area contributed by atoms with Crippen LogP contribution in [0.1, 0.15) is 27.7 Å². The summed E-state index contributed by atoms with van der Waals surface area (Å²) in [6.07, 6.45) is 0. The molecule has 0 aromatic heterocycles. The second kappa shape index (κ2) is 4.57. The Morgan fingerprint density at radius 2 is 1.50 bits per heavy atom. The monoisotopic (exact) mass is 204 g/mol. The van der Waals surface area contributed by atoms with Gasteiger partial charge in [-0.1, -0.05) is 0 Å². The SMILES string of the molecule is CCOC1(OCC)OCCOC1(C)C. The van der Waals surface area contributed by atoms with Crippen molar-refractivity contribution in [1.29, 1.82) is 0 Å². The van der Waals surface area contributed by atoms with Gasteiger partial charge in [-0.2, -0.15) is 0 Å². The Balaban J connectivity index is 2.80. The Bertz CT molecular complexity index is 167. The van der Waals surface area contributed by atoms with Gasteiger partial charge in [0.25, 0.3) is 0 Å². The number of hydrogen-bond acceptors (Lipinski definition) is 4. The molecule has 1 fully saturated rings. The van der Waals surface area contributed by atoms with E-state index in [1.54, 1.807) is 0 Å². The fraction of sp³-hybridized carbons (Fsp3) is 1.00. The Hall–Kier alpha value is -0.160. The van der Waals surface area contributed by atoms with Crippen molar-refractivity contribution in [3.05, 3.63) is 0 Å². The normalized spacial score (nSPS) is 24.9. The van der Waals surface area contributed by atoms with E-state index in [1.165, 1.54) is 0 Å². The van der Waals surface area contributed by atoms with Gasteiger partial charge < -0.3 is 18.9 Å². The highest BCUT2D eigenvalue weighted by molar-refractivity contribution is 4.84. The molecular formula is C10H20O4. The van der Waals surface area contributed by atoms with Gasteiger partial charge in [-0.15, -0.1) is 0 Å². The summed E-state index contributed by atoms with van der Waals surface area (Å²) < 4.78 is 22.3. The lowest BCUT2D eigenvalue weighted by Gasteiger charge is -2.46. The molecule has 0 atom stereocenters. The maximum absolute atomic E-state index is 5.61. The first-order valence-corrected chi connectivity index (χ1v) is 5.14. The van der Waals surface area contributed by atoms with Gasteiger partial charge in [0.05, 0.1) is 13.2 Å². The molecule has 0 aliphatic carbocycles. The van der Waals surface area contributed by atoms with Gasteiger partial charge in [0.2, 0.25) is 0 Å². The standard InChI is InChI=1S/C10H20O4/c1-5-11-10(12-6-2)9(3,4)13-7-8-14-10/h5-8H2,1-4H3. The van der Waals surface area contributed by atoms with Crippen LogP contribution in [-0.2, 0) is 18.9 Å². The molecule has 1 saturated heterocycles. The van der Waals surface area contributed by atoms with Crippen LogP contribution >= 0.6 is 0 Å². The first-order valence-electron chi connectivity index (χ1n) is 5.14. The molecule has 1 heterocycles. The van der Waals surface area contributed by atoms with Crippen LogP contribution in [0.3, 0.4) is 0 Å². The topological polar surface area (TPSA) is 36.9 Å². The number of ether oxygens (including phenoxy) is 4. The quantitative estimate of drug-likeness (QED) is 0.651. The summed E-state index contributed by atoms with van der Waals surface area (Å²) in [5.74, 6) is -1.05. The van der Waals surface area contributed by atoms with E-state index in [9.17, 15) is 0 Å². The van der Waals surface area contributed by atoms with Crippen LogP contribution in [0, 0.1) is 0 Å². The second-order valence-corrected chi connectivity index (χ2v) is 3.63. The average Bonchev–Trinajstić information content (AvgIpc) is 2.11. The molecule has 0 N–H and O–H groups in total. The number of hydrogen-bond donors (Lipinski definition) is 0. The molecule has 0 amide bonds. The highest BCUT2D eigenvalue weighted by atomic mass is 16.9. The van der Waals surface area contributed by atoms with E-state index >= 15 is 0 Å². The van der Waals surface area contributed by atoms with Gasteiger partial charge in [0.15, 0.2) is 0 Å². The summed E-state index contributed by atoms with van der Waals surface area (Å²) >= 11 is 0. The molecule has 0 radical (unpaired) electrons. The lowest BCUT2D eigenvalue weighted by molar-refractivity contribution is -0.461. The maximum atomic E-state index is 5.61. The van der Waals surface area contributed by atoms with Crippen LogP contribution in [-0.4, -0.2) is 38.0 Å². The van der Waals surface area contributed by atoms with E-state index in [4.69, 9.17) is 18.9 Å². The van der Waals surface area contributed by atoms with Crippen molar-refractivity contribution < 1.29 is 18.9 Å². The second-order valence-electron chi connectivity index (χ2n) is 3.63. The minimum Gasteiger partial charge on any atom is -0.365 e. The van der Waals surface area contributed by atoms with Crippen molar-refractivity contribution in [1.82, 2.24) is 0 Å². The zero-order valence-corrected chi connectivity index (χ0v) is 9.46. The first-order chi connectivity index (χ1) is 6.58. The van der Waals surface area contributed by atoms with Gasteiger partial charge in [-0.3, -0.25) is 0 Å². The van der Waals surface area contributed by atoms with Crippen molar-refractivity contribution in [3.8, 4) is 0 Å². The molecule has 0 unspecified atom stereocenters. The fourth-order valence-corrected chi connectivity index (χ4v) is 1.59. The van der Waals surface area contributed by atoms with Crippen molar-refractivity contribution in [2.24, 2.45) is 0 Å². The predicted molar refractivity (Wildman–Crippen MR) is 52.0 cm³/mol. The molecule has 1 rings (SSSR count). The molecule has 0 aromatic rings. The van der Waals surface area contributed by atoms with Crippen LogP contribution in [0.4, 0.5) is 0 Å². The van der Waals surface area contributed by atoms with Gasteiger partial charge in [-0.25, -0.2) is 0 Å². The Morgan fingerprint density at radius 1 is 1.00 bits per heavy atom. The molecule has 4 nitrogen and oxygen atoms in total. The Labute approximate surface area is 85.5 Å². The minimum absolute atomic E-state index is 0.503. The van der Waals surface area contributed by atoms with Gasteiger partial charge in [0, 0.05) is 13.2 Å². The van der Waals surface area contributed by atoms with Crippen molar-refractivity contribution in [2.75, 3.05) is 26.4 Å². The fourth-order valence-electron chi connectivity index (χ4n) is 1.59. The molecule has 0 bridgehead atoms. The summed E-state index contributed by atoms with van der Waals surface area (Å²) in [6, 6.07) is 0. The molecule has 1 aliphatic rings. The van der Waals surface area contributed by atoms with Crippen molar-refractivity contribution in [2.45, 2.75) is 39.3 Å². The first kappa shape index (κ1) is 11.9. The van der Waals surface area contributed by atoms with E-state index < -0.39 is 11.6 Å². The summed E-state index contributed by atoms with van der Waals surface area (Å²) in [7, 11) is 0. The molecule has 14 heavy (non-hydrogen) atoms. The summed E-state index contributed by atoms with van der Waals surface area (Å²) in [5.41, 5.74) is -0.572. The summed E-state index contributed by atoms with van der Waals surface area (Å²) in [4.78, 5) is 0. The average molecular weight is 204 g/mol. The highest BCUT2D eigenvalue weighted by Gasteiger charge is 2.52. The van der Waals surface area contributed by atoms with E-state index in [2.05, 4.69) is 0 Å². The van der Waals surface area contributed by atoms with Crippen LogP contribution in [0.15, 0.2) is 0 Å². The van der Waals surface area contributed by atoms with E-state index in [0.29, 0.717) is 26.4 Å². The smallest absolute Gasteiger partial charge is 0.313 e. The maximum Gasteiger partial charge on any atom is 0.313 e. The zero-order valence-electron chi connectivity index (χ0n) is 9.46. The third kappa shape index (κ3) is 2.08. The molecule has 1 aliphatic heterocycles. The van der Waals surface area contributed by atoms with Crippen molar-refractivity contribution in [3.63, 3.8) is 0 Å². The molecule has 0 saturated carbocycles. The van der Waals surface area contributed by atoms with Gasteiger partial charge in [0.1, 0.15) is 5.60 Å². The predicted octanol–water partition coefficient (Wildman–Crippen LogP) is 1.54. The lowest BCUT2D eigenvalue weighted by atomic mass is 10.1. The summed E-state index contributed by atoms with van der Waals surface area (Å²) in [5, 5.41) is 0. The van der Waals surface area contributed by atoms with Crippen molar-refractivity contribution >= 4 is 0 Å². The zero-order chi connectivity index (χ0) is 10.7. The third-order valence-corrected chi connectivity index (χ3v) is 2.24. The molecule has 84 valence electrons. The Kier molecular flexibility index (Phi) is 3.89. The molecular weight excluding hydrogens is 184 g/mol. The lowest BCUT2D eigenvalue weighted by Crippen LogP contribution is -2.61. The third-order valence-electron chi connectivity index (χ3n) is 2.24. The largest absolute Gasteiger partial charge is 0.365 e. The van der Waals surface area contributed by atoms with Crippen LogP contribution < -0.4 is 0 Å². The van der Waals surface area contributed by atoms with Crippen LogP contribution in [0.5, 0.6) is 0 Å². The van der Waals surface area contributed by atoms with E-state index in [1.807, 2.05) is 27.7 Å². The Morgan fingerprint density at radius 3 is 1.93 bits per heavy atom. The van der Waals surface area contributed by atoms with Crippen LogP contribution in [0.2, 0.25) is 0 Å². The highest BCUT2D eigenvalue weighted by Crippen LogP contribution is 2.35. The summed E-state index contributed by atoms with van der Waals surface area (Å²) in [6.45, 7) is 9.80. The molecule has 0 spiro atoms. The minimum atomic E-state index is -1.05. The van der Waals surface area contributed by atoms with Gasteiger partial charge >= 0.3 is 5.97 Å². The van der Waals surface area contributed by atoms with E-state index in [-0.39, 0.29) is 0 Å².